The number of rotatable bonds is 9. The first-order valence-electron chi connectivity index (χ1n) is 11.6. The van der Waals surface area contributed by atoms with Crippen molar-refractivity contribution in [2.45, 2.75) is 56.4 Å². The second kappa shape index (κ2) is 11.9. The summed E-state index contributed by atoms with van der Waals surface area (Å²) in [6.45, 7) is 8.87. The Morgan fingerprint density at radius 1 is 1.10 bits per heavy atom. The molecule has 0 atom stereocenters. The fourth-order valence-electron chi connectivity index (χ4n) is 4.30. The van der Waals surface area contributed by atoms with E-state index >= 15 is 0 Å². The third-order valence-corrected chi connectivity index (χ3v) is 7.43. The van der Waals surface area contributed by atoms with Crippen LogP contribution in [0.4, 0.5) is 0 Å². The monoisotopic (exact) mass is 447 g/mol. The van der Waals surface area contributed by atoms with Gasteiger partial charge in [0.1, 0.15) is 0 Å². The Labute approximate surface area is 190 Å². The molecule has 0 radical (unpaired) electrons. The lowest BCUT2D eigenvalue weighted by Crippen LogP contribution is -2.55. The van der Waals surface area contributed by atoms with Crippen molar-refractivity contribution >= 4 is 23.6 Å². The Bertz CT molecular complexity index is 729. The van der Waals surface area contributed by atoms with E-state index in [4.69, 9.17) is 4.74 Å². The molecule has 2 fully saturated rings. The second-order valence-electron chi connectivity index (χ2n) is 9.19. The molecule has 2 N–H and O–H groups in total. The lowest BCUT2D eigenvalue weighted by atomic mass is 9.89. The molecule has 0 unspecified atom stereocenters. The van der Waals surface area contributed by atoms with Crippen molar-refractivity contribution in [3.05, 3.63) is 29.8 Å². The zero-order chi connectivity index (χ0) is 22.1. The molecule has 3 rings (SSSR count). The first-order chi connectivity index (χ1) is 15.0. The molecule has 1 aromatic rings. The summed E-state index contributed by atoms with van der Waals surface area (Å²) < 4.78 is 5.44. The van der Waals surface area contributed by atoms with Gasteiger partial charge in [-0.1, -0.05) is 31.4 Å². The summed E-state index contributed by atoms with van der Waals surface area (Å²) in [4.78, 5) is 28.4. The molecule has 172 valence electrons. The highest BCUT2D eigenvalue weighted by Gasteiger charge is 2.29. The molecule has 1 heterocycles. The molecule has 31 heavy (non-hydrogen) atoms. The van der Waals surface area contributed by atoms with Crippen molar-refractivity contribution in [1.82, 2.24) is 15.5 Å². The predicted molar refractivity (Wildman–Crippen MR) is 126 cm³/mol. The van der Waals surface area contributed by atoms with Gasteiger partial charge < -0.3 is 15.4 Å². The van der Waals surface area contributed by atoms with Crippen LogP contribution in [0.5, 0.6) is 0 Å². The average Bonchev–Trinajstić information content (AvgIpc) is 2.81. The minimum atomic E-state index is -0.138. The molecule has 1 saturated carbocycles. The van der Waals surface area contributed by atoms with Gasteiger partial charge in [-0.25, -0.2) is 0 Å². The summed E-state index contributed by atoms with van der Waals surface area (Å²) in [5, 5.41) is 6.17. The van der Waals surface area contributed by atoms with E-state index in [1.54, 1.807) is 0 Å². The van der Waals surface area contributed by atoms with Crippen molar-refractivity contribution in [1.29, 1.82) is 0 Å². The van der Waals surface area contributed by atoms with Crippen LogP contribution in [-0.2, 0) is 9.53 Å². The average molecular weight is 448 g/mol. The summed E-state index contributed by atoms with van der Waals surface area (Å²) in [5.41, 5.74) is 0.492. The third kappa shape index (κ3) is 7.51. The molecular formula is C24H37N3O3S. The number of morpholine rings is 1. The van der Waals surface area contributed by atoms with Crippen molar-refractivity contribution in [2.24, 2.45) is 5.92 Å². The van der Waals surface area contributed by atoms with Crippen molar-refractivity contribution in [3.8, 4) is 0 Å². The molecule has 1 saturated heterocycles. The van der Waals surface area contributed by atoms with Gasteiger partial charge in [0.25, 0.3) is 5.91 Å². The van der Waals surface area contributed by atoms with Crippen LogP contribution in [0.3, 0.4) is 0 Å². The molecule has 1 aliphatic heterocycles. The number of carbonyl (C=O) groups excluding carboxylic acids is 2. The molecule has 6 nitrogen and oxygen atoms in total. The van der Waals surface area contributed by atoms with Crippen molar-refractivity contribution < 1.29 is 14.3 Å². The fraction of sp³-hybridized carbons (Fsp3) is 0.667. The summed E-state index contributed by atoms with van der Waals surface area (Å²) in [5.74, 6) is 0.901. The van der Waals surface area contributed by atoms with Gasteiger partial charge in [-0.05, 0) is 44.7 Å². The Morgan fingerprint density at radius 3 is 2.55 bits per heavy atom. The minimum absolute atomic E-state index is 0.0410. The first kappa shape index (κ1) is 24.1. The number of thioether (sulfide) groups is 1. The lowest BCUT2D eigenvalue weighted by Gasteiger charge is -2.40. The van der Waals surface area contributed by atoms with E-state index in [9.17, 15) is 9.59 Å². The van der Waals surface area contributed by atoms with Crippen molar-refractivity contribution in [2.75, 3.05) is 45.1 Å². The number of amides is 2. The van der Waals surface area contributed by atoms with Gasteiger partial charge in [-0.15, -0.1) is 11.8 Å². The predicted octanol–water partition coefficient (Wildman–Crippen LogP) is 3.32. The molecule has 1 aliphatic carbocycles. The largest absolute Gasteiger partial charge is 0.379 e. The van der Waals surface area contributed by atoms with Crippen molar-refractivity contribution in [3.63, 3.8) is 0 Å². The van der Waals surface area contributed by atoms with Gasteiger partial charge in [0.2, 0.25) is 5.91 Å². The smallest absolute Gasteiger partial charge is 0.252 e. The molecule has 0 spiro atoms. The maximum absolute atomic E-state index is 12.9. The van der Waals surface area contributed by atoms with Crippen LogP contribution in [0.25, 0.3) is 0 Å². The number of nitrogens with zero attached hydrogens (tertiary/aromatic N) is 1. The second-order valence-corrected chi connectivity index (χ2v) is 10.2. The molecule has 7 heteroatoms. The normalized spacial score (nSPS) is 18.5. The molecule has 0 bridgehead atoms. The van der Waals surface area contributed by atoms with E-state index in [0.29, 0.717) is 23.8 Å². The zero-order valence-electron chi connectivity index (χ0n) is 19.0. The van der Waals surface area contributed by atoms with Gasteiger partial charge in [-0.3, -0.25) is 14.5 Å². The minimum Gasteiger partial charge on any atom is -0.379 e. The highest BCUT2D eigenvalue weighted by Crippen LogP contribution is 2.24. The number of hydrogen-bond donors (Lipinski definition) is 2. The van der Waals surface area contributed by atoms with E-state index in [-0.39, 0.29) is 17.4 Å². The number of ether oxygens (including phenoxy) is 1. The first-order valence-corrected chi connectivity index (χ1v) is 12.5. The van der Waals surface area contributed by atoms with Gasteiger partial charge in [0.05, 0.1) is 24.5 Å². The number of benzene rings is 1. The summed E-state index contributed by atoms with van der Waals surface area (Å²) in [6.07, 6.45) is 6.32. The van der Waals surface area contributed by atoms with E-state index < -0.39 is 0 Å². The fourth-order valence-corrected chi connectivity index (χ4v) is 5.18. The highest BCUT2D eigenvalue weighted by atomic mass is 32.2. The lowest BCUT2D eigenvalue weighted by molar-refractivity contribution is -0.118. The summed E-state index contributed by atoms with van der Waals surface area (Å²) in [6, 6.07) is 7.53. The zero-order valence-corrected chi connectivity index (χ0v) is 19.8. The number of nitrogens with one attached hydrogen (secondary N) is 2. The maximum Gasteiger partial charge on any atom is 0.252 e. The van der Waals surface area contributed by atoms with Crippen LogP contribution in [0.1, 0.15) is 56.3 Å². The standard InChI is InChI=1S/C24H37N3O3S/c1-24(2,27-12-14-30-15-13-27)18-26-23(29)20-10-6-7-11-21(20)31-17-22(28)25-16-19-8-4-3-5-9-19/h6-7,10-11,19H,3-5,8-9,12-18H2,1-2H3,(H,25,28)(H,26,29). The maximum atomic E-state index is 12.9. The summed E-state index contributed by atoms with van der Waals surface area (Å²) >= 11 is 1.43. The Morgan fingerprint density at radius 2 is 1.81 bits per heavy atom. The Balaban J connectivity index is 1.48. The Hall–Kier alpha value is -1.57. The molecule has 0 aromatic heterocycles. The van der Waals surface area contributed by atoms with Crippen LogP contribution in [0.15, 0.2) is 29.2 Å². The van der Waals surface area contributed by atoms with Crippen LogP contribution < -0.4 is 10.6 Å². The van der Waals surface area contributed by atoms with E-state index in [1.165, 1.54) is 43.9 Å². The van der Waals surface area contributed by atoms with Gasteiger partial charge in [0.15, 0.2) is 0 Å². The van der Waals surface area contributed by atoms with Gasteiger partial charge >= 0.3 is 0 Å². The van der Waals surface area contributed by atoms with Gasteiger partial charge in [-0.2, -0.15) is 0 Å². The SMILES string of the molecule is CC(C)(CNC(=O)c1ccccc1SCC(=O)NCC1CCCCC1)N1CCOCC1. The van der Waals surface area contributed by atoms with Crippen LogP contribution in [-0.4, -0.2) is 67.4 Å². The Kier molecular flexibility index (Phi) is 9.23. The topological polar surface area (TPSA) is 70.7 Å². The van der Waals surface area contributed by atoms with E-state index in [1.807, 2.05) is 24.3 Å². The van der Waals surface area contributed by atoms with E-state index in [2.05, 4.69) is 29.4 Å². The van der Waals surface area contributed by atoms with Crippen LogP contribution >= 0.6 is 11.8 Å². The third-order valence-electron chi connectivity index (χ3n) is 6.35. The quantitative estimate of drug-likeness (QED) is 0.569. The number of carbonyl (C=O) groups is 2. The van der Waals surface area contributed by atoms with Crippen LogP contribution in [0, 0.1) is 5.92 Å². The highest BCUT2D eigenvalue weighted by molar-refractivity contribution is 8.00. The van der Waals surface area contributed by atoms with Gasteiger partial charge in [0, 0.05) is 36.6 Å². The molecule has 2 amide bonds. The summed E-state index contributed by atoms with van der Waals surface area (Å²) in [7, 11) is 0. The molecule has 1 aromatic carbocycles. The number of hydrogen-bond acceptors (Lipinski definition) is 5. The molecular weight excluding hydrogens is 410 g/mol. The van der Waals surface area contributed by atoms with E-state index in [0.717, 1.165) is 37.7 Å². The van der Waals surface area contributed by atoms with Crippen LogP contribution in [0.2, 0.25) is 0 Å². The molecule has 2 aliphatic rings.